The summed E-state index contributed by atoms with van der Waals surface area (Å²) in [4.78, 5) is 40.4. The maximum atomic E-state index is 12.5. The Hall–Kier alpha value is -2.87. The van der Waals surface area contributed by atoms with Crippen molar-refractivity contribution in [2.75, 3.05) is 45.9 Å². The molecule has 2 aliphatic rings. The predicted octanol–water partition coefficient (Wildman–Crippen LogP) is 1.28. The van der Waals surface area contributed by atoms with Crippen LogP contribution in [0.4, 0.5) is 4.79 Å². The number of urea groups is 1. The normalized spacial score (nSPS) is 17.4. The second-order valence-corrected chi connectivity index (χ2v) is 7.48. The van der Waals surface area contributed by atoms with Crippen molar-refractivity contribution in [1.82, 2.24) is 20.4 Å². The molecule has 2 N–H and O–H groups in total. The van der Waals surface area contributed by atoms with E-state index in [1.807, 2.05) is 23.1 Å². The van der Waals surface area contributed by atoms with Crippen LogP contribution in [0.3, 0.4) is 0 Å². The highest BCUT2D eigenvalue weighted by atomic mass is 16.5. The molecule has 1 fully saturated rings. The van der Waals surface area contributed by atoms with Crippen LogP contribution in [-0.2, 0) is 20.7 Å². The van der Waals surface area contributed by atoms with Gasteiger partial charge < -0.3 is 20.3 Å². The van der Waals surface area contributed by atoms with Crippen molar-refractivity contribution < 1.29 is 19.1 Å². The molecule has 1 aromatic carbocycles. The average molecular weight is 415 g/mol. The zero-order valence-corrected chi connectivity index (χ0v) is 17.5. The third-order valence-corrected chi connectivity index (χ3v) is 5.38. The lowest BCUT2D eigenvalue weighted by Crippen LogP contribution is -2.52. The van der Waals surface area contributed by atoms with Crippen LogP contribution in [0.25, 0.3) is 0 Å². The zero-order valence-electron chi connectivity index (χ0n) is 17.5. The molecule has 0 radical (unpaired) electrons. The first-order valence-corrected chi connectivity index (χ1v) is 10.5. The van der Waals surface area contributed by atoms with Gasteiger partial charge in [0.25, 0.3) is 0 Å². The van der Waals surface area contributed by atoms with Crippen LogP contribution in [0.5, 0.6) is 0 Å². The highest BCUT2D eigenvalue weighted by Gasteiger charge is 2.27. The summed E-state index contributed by atoms with van der Waals surface area (Å²) >= 11 is 0. The first-order valence-electron chi connectivity index (χ1n) is 10.5. The topological polar surface area (TPSA) is 91.0 Å². The van der Waals surface area contributed by atoms with E-state index < -0.39 is 5.97 Å². The molecule has 0 atom stereocenters. The average Bonchev–Trinajstić information content (AvgIpc) is 2.75. The van der Waals surface area contributed by atoms with E-state index in [2.05, 4.69) is 27.7 Å². The van der Waals surface area contributed by atoms with Gasteiger partial charge in [-0.2, -0.15) is 0 Å². The van der Waals surface area contributed by atoms with Crippen LogP contribution >= 0.6 is 0 Å². The number of esters is 1. The third-order valence-electron chi connectivity index (χ3n) is 5.38. The molecule has 30 heavy (non-hydrogen) atoms. The number of hydrogen-bond acceptors (Lipinski definition) is 5. The number of nitrogens with one attached hydrogen (secondary N) is 2. The minimum Gasteiger partial charge on any atom is -0.463 e. The largest absolute Gasteiger partial charge is 0.463 e. The Balaban J connectivity index is 1.46. The minimum atomic E-state index is -0.410. The fraction of sp³-hybridized carbons (Fsp3) is 0.500. The number of rotatable bonds is 8. The van der Waals surface area contributed by atoms with E-state index in [1.54, 1.807) is 6.92 Å². The highest BCUT2D eigenvalue weighted by Crippen LogP contribution is 2.13. The van der Waals surface area contributed by atoms with E-state index in [1.165, 1.54) is 5.56 Å². The Labute approximate surface area is 177 Å². The quantitative estimate of drug-likeness (QED) is 0.626. The molecule has 0 saturated carbocycles. The molecule has 8 nitrogen and oxygen atoms in total. The van der Waals surface area contributed by atoms with Gasteiger partial charge in [0.1, 0.15) is 0 Å². The zero-order chi connectivity index (χ0) is 21.3. The van der Waals surface area contributed by atoms with Gasteiger partial charge in [-0.05, 0) is 25.3 Å². The number of piperazine rings is 1. The first-order chi connectivity index (χ1) is 14.6. The molecule has 8 heteroatoms. The number of hydrogen-bond donors (Lipinski definition) is 2. The van der Waals surface area contributed by atoms with Gasteiger partial charge in [-0.15, -0.1) is 0 Å². The van der Waals surface area contributed by atoms with E-state index in [4.69, 9.17) is 4.74 Å². The summed E-state index contributed by atoms with van der Waals surface area (Å²) in [6, 6.07) is 9.89. The monoisotopic (exact) mass is 414 g/mol. The first kappa shape index (κ1) is 21.8. The van der Waals surface area contributed by atoms with Crippen LogP contribution in [0.2, 0.25) is 0 Å². The summed E-state index contributed by atoms with van der Waals surface area (Å²) in [6.45, 7) is 5.37. The lowest BCUT2D eigenvalue weighted by atomic mass is 10.1. The predicted molar refractivity (Wildman–Crippen MR) is 113 cm³/mol. The van der Waals surface area contributed by atoms with Crippen LogP contribution in [0, 0.1) is 0 Å². The van der Waals surface area contributed by atoms with E-state index in [0.717, 1.165) is 12.8 Å². The standard InChI is InChI=1S/C22H30N4O4/c1-2-30-21(28)18-15-23-22(29)24-19(18)16-25-11-13-26(14-12-25)20(27)10-6-9-17-7-4-3-5-8-17/h3-5,7-8H,2,6,9-16H2,1H3,(H2,23,24,29). The molecule has 3 rings (SSSR count). The van der Waals surface area contributed by atoms with Gasteiger partial charge in [0, 0.05) is 44.8 Å². The molecule has 1 saturated heterocycles. The Bertz CT molecular complexity index is 786. The third kappa shape index (κ3) is 6.06. The van der Waals surface area contributed by atoms with E-state index in [-0.39, 0.29) is 25.1 Å². The Morgan fingerprint density at radius 1 is 1.10 bits per heavy atom. The minimum absolute atomic E-state index is 0.167. The SMILES string of the molecule is CCOC(=O)C1=C(CN2CCN(C(=O)CCCc3ccccc3)CC2)NC(=O)NC1. The smallest absolute Gasteiger partial charge is 0.337 e. The summed E-state index contributed by atoms with van der Waals surface area (Å²) in [7, 11) is 0. The van der Waals surface area contributed by atoms with Gasteiger partial charge in [0.2, 0.25) is 5.91 Å². The van der Waals surface area contributed by atoms with Crippen molar-refractivity contribution in [2.24, 2.45) is 0 Å². The summed E-state index contributed by atoms with van der Waals surface area (Å²) in [5.41, 5.74) is 2.29. The molecule has 0 aromatic heterocycles. The second kappa shape index (κ2) is 10.8. The second-order valence-electron chi connectivity index (χ2n) is 7.48. The van der Waals surface area contributed by atoms with Crippen molar-refractivity contribution in [3.63, 3.8) is 0 Å². The number of carbonyl (C=O) groups is 3. The van der Waals surface area contributed by atoms with Gasteiger partial charge in [-0.3, -0.25) is 9.69 Å². The van der Waals surface area contributed by atoms with Crippen molar-refractivity contribution in [3.8, 4) is 0 Å². The molecule has 1 aromatic rings. The molecule has 2 aliphatic heterocycles. The van der Waals surface area contributed by atoms with Crippen LogP contribution < -0.4 is 10.6 Å². The number of aryl methyl sites for hydroxylation is 1. The number of amides is 3. The van der Waals surface area contributed by atoms with Gasteiger partial charge in [0.15, 0.2) is 0 Å². The molecule has 0 spiro atoms. The van der Waals surface area contributed by atoms with Crippen molar-refractivity contribution in [3.05, 3.63) is 47.2 Å². The number of carbonyl (C=O) groups excluding carboxylic acids is 3. The van der Waals surface area contributed by atoms with Crippen LogP contribution in [0.15, 0.2) is 41.6 Å². The molecule has 162 valence electrons. The molecule has 0 unspecified atom stereocenters. The van der Waals surface area contributed by atoms with Gasteiger partial charge in [-0.25, -0.2) is 9.59 Å². The molecule has 0 bridgehead atoms. The van der Waals surface area contributed by atoms with Crippen molar-refractivity contribution in [2.45, 2.75) is 26.2 Å². The Morgan fingerprint density at radius 3 is 2.53 bits per heavy atom. The van der Waals surface area contributed by atoms with Crippen molar-refractivity contribution in [1.29, 1.82) is 0 Å². The lowest BCUT2D eigenvalue weighted by molar-refractivity contribution is -0.138. The van der Waals surface area contributed by atoms with E-state index in [9.17, 15) is 14.4 Å². The van der Waals surface area contributed by atoms with E-state index >= 15 is 0 Å². The van der Waals surface area contributed by atoms with Gasteiger partial charge in [0.05, 0.1) is 18.7 Å². The van der Waals surface area contributed by atoms with Crippen molar-refractivity contribution >= 4 is 17.9 Å². The Kier molecular flexibility index (Phi) is 7.84. The number of ether oxygens (including phenoxy) is 1. The summed E-state index contributed by atoms with van der Waals surface area (Å²) < 4.78 is 5.09. The van der Waals surface area contributed by atoms with Crippen LogP contribution in [0.1, 0.15) is 25.3 Å². The van der Waals surface area contributed by atoms with E-state index in [0.29, 0.717) is 50.4 Å². The maximum absolute atomic E-state index is 12.5. The fourth-order valence-electron chi connectivity index (χ4n) is 3.71. The molecular formula is C22H30N4O4. The maximum Gasteiger partial charge on any atom is 0.337 e. The molecule has 3 amide bonds. The highest BCUT2D eigenvalue weighted by molar-refractivity contribution is 5.93. The lowest BCUT2D eigenvalue weighted by Gasteiger charge is -2.36. The van der Waals surface area contributed by atoms with Gasteiger partial charge >= 0.3 is 12.0 Å². The number of nitrogens with zero attached hydrogens (tertiary/aromatic N) is 2. The summed E-state index contributed by atoms with van der Waals surface area (Å²) in [6.07, 6.45) is 2.30. The Morgan fingerprint density at radius 2 is 1.83 bits per heavy atom. The summed E-state index contributed by atoms with van der Waals surface area (Å²) in [5.74, 6) is -0.223. The molecular weight excluding hydrogens is 384 g/mol. The van der Waals surface area contributed by atoms with Crippen LogP contribution in [-0.4, -0.2) is 73.6 Å². The molecule has 0 aliphatic carbocycles. The number of benzene rings is 1. The molecule has 2 heterocycles. The fourth-order valence-corrected chi connectivity index (χ4v) is 3.71. The van der Waals surface area contributed by atoms with Gasteiger partial charge in [-0.1, -0.05) is 30.3 Å². The summed E-state index contributed by atoms with van der Waals surface area (Å²) in [5, 5.41) is 5.35.